The van der Waals surface area contributed by atoms with Gasteiger partial charge in [-0.1, -0.05) is 6.07 Å². The van der Waals surface area contributed by atoms with Crippen molar-refractivity contribution in [3.8, 4) is 11.3 Å². The molecular formula is C19H15F2N5. The van der Waals surface area contributed by atoms with Crippen molar-refractivity contribution in [3.05, 3.63) is 78.0 Å². The molecule has 26 heavy (non-hydrogen) atoms. The van der Waals surface area contributed by atoms with E-state index in [-0.39, 0.29) is 5.56 Å². The number of anilines is 1. The van der Waals surface area contributed by atoms with E-state index in [1.807, 2.05) is 24.3 Å². The summed E-state index contributed by atoms with van der Waals surface area (Å²) in [6.45, 7) is -0.417. The van der Waals surface area contributed by atoms with Gasteiger partial charge in [-0.3, -0.25) is 4.98 Å². The molecule has 0 saturated heterocycles. The molecule has 4 aromatic rings. The van der Waals surface area contributed by atoms with Gasteiger partial charge in [-0.2, -0.15) is 0 Å². The number of benzene rings is 1. The summed E-state index contributed by atoms with van der Waals surface area (Å²) in [5.41, 5.74) is 3.38. The summed E-state index contributed by atoms with van der Waals surface area (Å²) in [5.74, 6) is 0.105. The Balaban J connectivity index is 1.59. The van der Waals surface area contributed by atoms with E-state index in [9.17, 15) is 8.78 Å². The minimum absolute atomic E-state index is 0.0577. The summed E-state index contributed by atoms with van der Waals surface area (Å²) in [4.78, 5) is 8.38. The smallest absolute Gasteiger partial charge is 0.154 e. The summed E-state index contributed by atoms with van der Waals surface area (Å²) < 4.78 is 27.9. The first-order chi connectivity index (χ1) is 12.7. The number of fused-ring (bicyclic) bond motifs is 1. The SMILES string of the molecule is FCc1cc(CNc2ccc3ncc(-c4ccncc4)n3n2)ccc1F. The van der Waals surface area contributed by atoms with E-state index in [1.165, 1.54) is 12.1 Å². The Labute approximate surface area is 148 Å². The first-order valence-corrected chi connectivity index (χ1v) is 8.07. The predicted molar refractivity (Wildman–Crippen MR) is 94.8 cm³/mol. The van der Waals surface area contributed by atoms with Gasteiger partial charge in [0.2, 0.25) is 0 Å². The van der Waals surface area contributed by atoms with Gasteiger partial charge in [0.25, 0.3) is 0 Å². The molecule has 3 heterocycles. The Morgan fingerprint density at radius 2 is 1.88 bits per heavy atom. The number of halogens is 2. The maximum Gasteiger partial charge on any atom is 0.154 e. The zero-order chi connectivity index (χ0) is 17.9. The molecule has 5 nitrogen and oxygen atoms in total. The topological polar surface area (TPSA) is 55.1 Å². The normalized spacial score (nSPS) is 11.0. The highest BCUT2D eigenvalue weighted by Gasteiger charge is 2.08. The van der Waals surface area contributed by atoms with Crippen LogP contribution in [0.4, 0.5) is 14.6 Å². The molecule has 0 unspecified atom stereocenters. The van der Waals surface area contributed by atoms with Gasteiger partial charge in [-0.05, 0) is 42.0 Å². The fraction of sp³-hybridized carbons (Fsp3) is 0.105. The highest BCUT2D eigenvalue weighted by molar-refractivity contribution is 5.63. The average Bonchev–Trinajstić information content (AvgIpc) is 3.11. The molecule has 0 spiro atoms. The Morgan fingerprint density at radius 3 is 2.69 bits per heavy atom. The minimum Gasteiger partial charge on any atom is -0.365 e. The molecule has 1 N–H and O–H groups in total. The van der Waals surface area contributed by atoms with Crippen LogP contribution in [0.3, 0.4) is 0 Å². The number of aromatic nitrogens is 4. The second kappa shape index (κ2) is 6.87. The number of hydrogen-bond acceptors (Lipinski definition) is 4. The van der Waals surface area contributed by atoms with Crippen molar-refractivity contribution in [2.24, 2.45) is 0 Å². The predicted octanol–water partition coefficient (Wildman–Crippen LogP) is 4.01. The Bertz CT molecular complexity index is 1050. The molecule has 0 radical (unpaired) electrons. The quantitative estimate of drug-likeness (QED) is 0.590. The number of hydrogen-bond donors (Lipinski definition) is 1. The second-order valence-electron chi connectivity index (χ2n) is 5.78. The first kappa shape index (κ1) is 16.1. The molecule has 130 valence electrons. The first-order valence-electron chi connectivity index (χ1n) is 8.07. The van der Waals surface area contributed by atoms with Gasteiger partial charge in [-0.25, -0.2) is 18.3 Å². The van der Waals surface area contributed by atoms with Crippen molar-refractivity contribution in [1.82, 2.24) is 19.6 Å². The van der Waals surface area contributed by atoms with Gasteiger partial charge < -0.3 is 5.32 Å². The van der Waals surface area contributed by atoms with Crippen LogP contribution in [0.15, 0.2) is 61.1 Å². The van der Waals surface area contributed by atoms with Crippen LogP contribution >= 0.6 is 0 Å². The number of pyridine rings is 1. The Hall–Kier alpha value is -3.35. The maximum atomic E-state index is 13.4. The molecule has 1 aromatic carbocycles. The monoisotopic (exact) mass is 351 g/mol. The van der Waals surface area contributed by atoms with E-state index < -0.39 is 12.5 Å². The van der Waals surface area contributed by atoms with Crippen molar-refractivity contribution in [2.75, 3.05) is 5.32 Å². The third-order valence-electron chi connectivity index (χ3n) is 4.07. The average molecular weight is 351 g/mol. The van der Waals surface area contributed by atoms with Gasteiger partial charge in [-0.15, -0.1) is 5.10 Å². The number of rotatable bonds is 5. The summed E-state index contributed by atoms with van der Waals surface area (Å²) in [7, 11) is 0. The number of nitrogens with one attached hydrogen (secondary N) is 1. The lowest BCUT2D eigenvalue weighted by Gasteiger charge is -2.08. The fourth-order valence-corrected chi connectivity index (χ4v) is 2.72. The van der Waals surface area contributed by atoms with Crippen LogP contribution < -0.4 is 5.32 Å². The molecule has 4 rings (SSSR count). The lowest BCUT2D eigenvalue weighted by molar-refractivity contribution is 0.463. The van der Waals surface area contributed by atoms with Crippen LogP contribution in [0.5, 0.6) is 0 Å². The summed E-state index contributed by atoms with van der Waals surface area (Å²) in [6, 6.07) is 11.9. The molecule has 0 atom stereocenters. The third kappa shape index (κ3) is 3.11. The fourth-order valence-electron chi connectivity index (χ4n) is 2.72. The van der Waals surface area contributed by atoms with Crippen LogP contribution in [0.1, 0.15) is 11.1 Å². The zero-order valence-corrected chi connectivity index (χ0v) is 13.7. The number of imidazole rings is 1. The van der Waals surface area contributed by atoms with Crippen molar-refractivity contribution < 1.29 is 8.78 Å². The summed E-state index contributed by atoms with van der Waals surface area (Å²) in [6.07, 6.45) is 5.19. The molecule has 3 aromatic heterocycles. The molecule has 0 amide bonds. The van der Waals surface area contributed by atoms with Crippen LogP contribution in [-0.4, -0.2) is 19.6 Å². The Morgan fingerprint density at radius 1 is 1.04 bits per heavy atom. The van der Waals surface area contributed by atoms with E-state index >= 15 is 0 Å². The van der Waals surface area contributed by atoms with Gasteiger partial charge in [0.15, 0.2) is 5.65 Å². The van der Waals surface area contributed by atoms with E-state index in [4.69, 9.17) is 0 Å². The molecular weight excluding hydrogens is 336 g/mol. The Kier molecular flexibility index (Phi) is 4.27. The second-order valence-corrected chi connectivity index (χ2v) is 5.78. The highest BCUT2D eigenvalue weighted by Crippen LogP contribution is 2.20. The van der Waals surface area contributed by atoms with Gasteiger partial charge in [0.05, 0.1) is 11.9 Å². The van der Waals surface area contributed by atoms with E-state index in [1.54, 1.807) is 29.2 Å². The summed E-state index contributed by atoms with van der Waals surface area (Å²) >= 11 is 0. The molecule has 0 bridgehead atoms. The maximum absolute atomic E-state index is 13.4. The van der Waals surface area contributed by atoms with Crippen LogP contribution in [0, 0.1) is 5.82 Å². The third-order valence-corrected chi connectivity index (χ3v) is 4.07. The molecule has 0 fully saturated rings. The van der Waals surface area contributed by atoms with Crippen molar-refractivity contribution >= 4 is 11.5 Å². The van der Waals surface area contributed by atoms with E-state index in [2.05, 4.69) is 20.4 Å². The molecule has 0 aliphatic heterocycles. The van der Waals surface area contributed by atoms with Crippen molar-refractivity contribution in [3.63, 3.8) is 0 Å². The standard InChI is InChI=1S/C19H15F2N5/c20-10-15-9-13(1-2-16(15)21)11-23-18-3-4-19-24-12-17(26(19)25-18)14-5-7-22-8-6-14/h1-9,12H,10-11H2,(H,23,25). The molecule has 0 saturated carbocycles. The van der Waals surface area contributed by atoms with Gasteiger partial charge in [0.1, 0.15) is 18.3 Å². The molecule has 7 heteroatoms. The summed E-state index contributed by atoms with van der Waals surface area (Å²) in [5, 5.41) is 7.74. The van der Waals surface area contributed by atoms with Crippen LogP contribution in [-0.2, 0) is 13.2 Å². The van der Waals surface area contributed by atoms with Crippen LogP contribution in [0.25, 0.3) is 16.9 Å². The van der Waals surface area contributed by atoms with Gasteiger partial charge >= 0.3 is 0 Å². The molecule has 0 aliphatic carbocycles. The van der Waals surface area contributed by atoms with E-state index in [0.29, 0.717) is 12.4 Å². The van der Waals surface area contributed by atoms with Crippen molar-refractivity contribution in [1.29, 1.82) is 0 Å². The number of nitrogens with zero attached hydrogens (tertiary/aromatic N) is 4. The van der Waals surface area contributed by atoms with Gasteiger partial charge in [0, 0.05) is 30.1 Å². The number of alkyl halides is 1. The largest absolute Gasteiger partial charge is 0.365 e. The minimum atomic E-state index is -0.825. The molecule has 0 aliphatic rings. The zero-order valence-electron chi connectivity index (χ0n) is 13.7. The lowest BCUT2D eigenvalue weighted by atomic mass is 10.1. The van der Waals surface area contributed by atoms with Crippen molar-refractivity contribution in [2.45, 2.75) is 13.2 Å². The highest BCUT2D eigenvalue weighted by atomic mass is 19.1. The van der Waals surface area contributed by atoms with Crippen LogP contribution in [0.2, 0.25) is 0 Å². The van der Waals surface area contributed by atoms with E-state index in [0.717, 1.165) is 22.5 Å². The lowest BCUT2D eigenvalue weighted by Crippen LogP contribution is -2.05.